The minimum Gasteiger partial charge on any atom is -0.466 e. The molecule has 2 aromatic rings. The summed E-state index contributed by atoms with van der Waals surface area (Å²) >= 11 is 1.59. The highest BCUT2D eigenvalue weighted by molar-refractivity contribution is 7.12. The van der Waals surface area contributed by atoms with Crippen LogP contribution in [0.4, 0.5) is 0 Å². The maximum absolute atomic E-state index is 10.0. The van der Waals surface area contributed by atoms with Crippen LogP contribution in [0.15, 0.2) is 52.8 Å². The second-order valence-electron chi connectivity index (χ2n) is 4.14. The predicted molar refractivity (Wildman–Crippen MR) is 72.0 cm³/mol. The molecule has 3 rings (SSSR count). The summed E-state index contributed by atoms with van der Waals surface area (Å²) in [5, 5.41) is 12.0. The molecule has 1 aromatic carbocycles. The standard InChI is InChI=1S/C14H13NO2S/c16-11-9-15-14(12-7-4-8-18-12)17-13(11)10-5-2-1-3-6-10/h1-8,11,13,16H,9H2. The zero-order chi connectivity index (χ0) is 12.4. The van der Waals surface area contributed by atoms with Gasteiger partial charge in [-0.3, -0.25) is 0 Å². The SMILES string of the molecule is OC1CN=C(c2cccs2)OC1c1ccccc1. The summed E-state index contributed by atoms with van der Waals surface area (Å²) in [5.41, 5.74) is 0.981. The molecule has 1 aliphatic rings. The summed E-state index contributed by atoms with van der Waals surface area (Å²) in [5.74, 6) is 0.629. The van der Waals surface area contributed by atoms with Gasteiger partial charge in [0.05, 0.1) is 11.4 Å². The fourth-order valence-electron chi connectivity index (χ4n) is 1.98. The van der Waals surface area contributed by atoms with Crippen molar-refractivity contribution in [3.8, 4) is 0 Å². The average Bonchev–Trinajstić information content (AvgIpc) is 2.94. The van der Waals surface area contributed by atoms with Gasteiger partial charge < -0.3 is 9.84 Å². The van der Waals surface area contributed by atoms with E-state index in [-0.39, 0.29) is 6.10 Å². The van der Waals surface area contributed by atoms with E-state index < -0.39 is 6.10 Å². The average molecular weight is 259 g/mol. The Morgan fingerprint density at radius 3 is 2.72 bits per heavy atom. The first kappa shape index (κ1) is 11.4. The van der Waals surface area contributed by atoms with E-state index in [1.165, 1.54) is 0 Å². The van der Waals surface area contributed by atoms with Crippen LogP contribution in [0, 0.1) is 0 Å². The van der Waals surface area contributed by atoms with Gasteiger partial charge in [0, 0.05) is 0 Å². The monoisotopic (exact) mass is 259 g/mol. The Bertz CT molecular complexity index is 536. The molecule has 92 valence electrons. The topological polar surface area (TPSA) is 41.8 Å². The number of aliphatic hydroxyl groups excluding tert-OH is 1. The van der Waals surface area contributed by atoms with E-state index in [4.69, 9.17) is 4.74 Å². The number of benzene rings is 1. The maximum Gasteiger partial charge on any atom is 0.227 e. The third-order valence-electron chi connectivity index (χ3n) is 2.87. The second kappa shape index (κ2) is 4.92. The Morgan fingerprint density at radius 1 is 1.17 bits per heavy atom. The highest BCUT2D eigenvalue weighted by Gasteiger charge is 2.28. The molecule has 0 saturated heterocycles. The molecule has 0 saturated carbocycles. The van der Waals surface area contributed by atoms with Gasteiger partial charge in [-0.05, 0) is 17.0 Å². The highest BCUT2D eigenvalue weighted by Crippen LogP contribution is 2.27. The van der Waals surface area contributed by atoms with Crippen molar-refractivity contribution in [1.82, 2.24) is 0 Å². The van der Waals surface area contributed by atoms with Crippen LogP contribution in [0.1, 0.15) is 16.5 Å². The predicted octanol–water partition coefficient (Wildman–Crippen LogP) is 2.63. The molecule has 2 unspecified atom stereocenters. The lowest BCUT2D eigenvalue weighted by atomic mass is 10.0. The molecule has 0 aliphatic carbocycles. The van der Waals surface area contributed by atoms with Gasteiger partial charge in [-0.2, -0.15) is 0 Å². The van der Waals surface area contributed by atoms with E-state index in [2.05, 4.69) is 4.99 Å². The lowest BCUT2D eigenvalue weighted by Crippen LogP contribution is -2.31. The van der Waals surface area contributed by atoms with Crippen molar-refractivity contribution >= 4 is 17.2 Å². The highest BCUT2D eigenvalue weighted by atomic mass is 32.1. The maximum atomic E-state index is 10.0. The van der Waals surface area contributed by atoms with Crippen LogP contribution in [0.25, 0.3) is 0 Å². The number of rotatable bonds is 2. The van der Waals surface area contributed by atoms with Crippen molar-refractivity contribution in [2.24, 2.45) is 4.99 Å². The van der Waals surface area contributed by atoms with Crippen LogP contribution in [-0.4, -0.2) is 23.7 Å². The number of aliphatic hydroxyl groups is 1. The van der Waals surface area contributed by atoms with E-state index >= 15 is 0 Å². The normalized spacial score (nSPS) is 23.3. The van der Waals surface area contributed by atoms with Gasteiger partial charge in [-0.15, -0.1) is 11.3 Å². The summed E-state index contributed by atoms with van der Waals surface area (Å²) in [6.45, 7) is 0.382. The van der Waals surface area contributed by atoms with Crippen molar-refractivity contribution in [3.05, 3.63) is 58.3 Å². The van der Waals surface area contributed by atoms with Crippen LogP contribution < -0.4 is 0 Å². The molecule has 0 radical (unpaired) electrons. The van der Waals surface area contributed by atoms with Gasteiger partial charge in [0.2, 0.25) is 5.90 Å². The van der Waals surface area contributed by atoms with Crippen LogP contribution >= 0.6 is 11.3 Å². The zero-order valence-corrected chi connectivity index (χ0v) is 10.5. The first-order valence-corrected chi connectivity index (χ1v) is 6.70. The number of nitrogens with zero attached hydrogens (tertiary/aromatic N) is 1. The lowest BCUT2D eigenvalue weighted by Gasteiger charge is -2.28. The molecule has 1 N–H and O–H groups in total. The van der Waals surface area contributed by atoms with Crippen molar-refractivity contribution in [2.75, 3.05) is 6.54 Å². The molecule has 2 heterocycles. The van der Waals surface area contributed by atoms with Gasteiger partial charge >= 0.3 is 0 Å². The van der Waals surface area contributed by atoms with Gasteiger partial charge in [0.1, 0.15) is 6.10 Å². The number of aliphatic imine (C=N–C) groups is 1. The third-order valence-corrected chi connectivity index (χ3v) is 3.73. The molecular formula is C14H13NO2S. The first-order chi connectivity index (χ1) is 8.84. The van der Waals surface area contributed by atoms with Crippen LogP contribution in [-0.2, 0) is 4.74 Å². The van der Waals surface area contributed by atoms with Gasteiger partial charge in [0.25, 0.3) is 0 Å². The molecule has 0 spiro atoms. The smallest absolute Gasteiger partial charge is 0.227 e. The minimum atomic E-state index is -0.587. The summed E-state index contributed by atoms with van der Waals surface area (Å²) in [7, 11) is 0. The lowest BCUT2D eigenvalue weighted by molar-refractivity contribution is 0.0219. The Morgan fingerprint density at radius 2 is 2.00 bits per heavy atom. The fraction of sp³-hybridized carbons (Fsp3) is 0.214. The van der Waals surface area contributed by atoms with Crippen LogP contribution in [0.3, 0.4) is 0 Å². The van der Waals surface area contributed by atoms with Gasteiger partial charge in [-0.25, -0.2) is 4.99 Å². The first-order valence-electron chi connectivity index (χ1n) is 5.82. The van der Waals surface area contributed by atoms with E-state index in [1.807, 2.05) is 47.8 Å². The van der Waals surface area contributed by atoms with E-state index in [0.717, 1.165) is 10.4 Å². The number of hydrogen-bond acceptors (Lipinski definition) is 4. The summed E-state index contributed by atoms with van der Waals surface area (Å²) in [4.78, 5) is 5.29. The third kappa shape index (κ3) is 2.17. The fourth-order valence-corrected chi connectivity index (χ4v) is 2.65. The quantitative estimate of drug-likeness (QED) is 0.900. The van der Waals surface area contributed by atoms with E-state index in [1.54, 1.807) is 11.3 Å². The zero-order valence-electron chi connectivity index (χ0n) is 9.69. The minimum absolute atomic E-state index is 0.333. The number of thiophene rings is 1. The Kier molecular flexibility index (Phi) is 3.13. The van der Waals surface area contributed by atoms with Crippen LogP contribution in [0.2, 0.25) is 0 Å². The molecule has 1 aliphatic heterocycles. The number of ether oxygens (including phenoxy) is 1. The van der Waals surface area contributed by atoms with Crippen molar-refractivity contribution in [3.63, 3.8) is 0 Å². The second-order valence-corrected chi connectivity index (χ2v) is 5.09. The van der Waals surface area contributed by atoms with E-state index in [0.29, 0.717) is 12.4 Å². The van der Waals surface area contributed by atoms with Gasteiger partial charge in [-0.1, -0.05) is 36.4 Å². The molecule has 0 amide bonds. The summed E-state index contributed by atoms with van der Waals surface area (Å²) in [6.07, 6.45) is -0.920. The molecule has 18 heavy (non-hydrogen) atoms. The molecule has 1 aromatic heterocycles. The summed E-state index contributed by atoms with van der Waals surface area (Å²) in [6, 6.07) is 13.7. The molecule has 3 nitrogen and oxygen atoms in total. The number of hydrogen-bond donors (Lipinski definition) is 1. The van der Waals surface area contributed by atoms with E-state index in [9.17, 15) is 5.11 Å². The molecular weight excluding hydrogens is 246 g/mol. The Labute approximate surface area is 109 Å². The molecule has 0 fully saturated rings. The summed E-state index contributed by atoms with van der Waals surface area (Å²) < 4.78 is 5.84. The Hall–Kier alpha value is -1.65. The van der Waals surface area contributed by atoms with Gasteiger partial charge in [0.15, 0.2) is 6.10 Å². The van der Waals surface area contributed by atoms with Crippen LogP contribution in [0.5, 0.6) is 0 Å². The molecule has 2 atom stereocenters. The molecule has 0 bridgehead atoms. The largest absolute Gasteiger partial charge is 0.466 e. The van der Waals surface area contributed by atoms with Crippen molar-refractivity contribution in [1.29, 1.82) is 0 Å². The van der Waals surface area contributed by atoms with Crippen molar-refractivity contribution in [2.45, 2.75) is 12.2 Å². The molecule has 4 heteroatoms. The van der Waals surface area contributed by atoms with Crippen molar-refractivity contribution < 1.29 is 9.84 Å². The Balaban J connectivity index is 1.87.